The second-order valence-electron chi connectivity index (χ2n) is 6.55. The number of hydrogen-bond acceptors (Lipinski definition) is 12. The topological polar surface area (TPSA) is 279 Å². The zero-order chi connectivity index (χ0) is 25.7. The predicted molar refractivity (Wildman–Crippen MR) is 110 cm³/mol. The molecule has 1 fully saturated rings. The Morgan fingerprint density at radius 1 is 1.29 bits per heavy atom. The lowest BCUT2D eigenvalue weighted by Gasteiger charge is -2.25. The number of nitrogens with one attached hydrogen (secondary N) is 1. The van der Waals surface area contributed by atoms with Crippen LogP contribution < -0.4 is 11.3 Å². The number of halogens is 1. The molecule has 0 bridgehead atoms. The number of nitrogens with zero attached hydrogens (tertiary/aromatic N) is 3. The number of aromatic nitrogens is 4. The standard InChI is InChI=1S/C12H15ClN5O13P3/c1-2-12(13)7(19)5(3-28-33(24,25)31-34(26,27)30-32(21,22)23)29-10(12)18-4-15-6-8(18)16-11(14)17-9(6)20/h1,4-5,7,10,19H,3H2,(H,24,25)(H,26,27)(H2,21,22,23)(H3,14,16,17,20)/t5-,7+,10-,12?/m1/s1. The Hall–Kier alpha value is -1.67. The first-order valence-electron chi connectivity index (χ1n) is 8.49. The molecule has 0 radical (unpaired) electrons. The number of alkyl halides is 1. The summed E-state index contributed by atoms with van der Waals surface area (Å²) in [5.74, 6) is 1.81. The van der Waals surface area contributed by atoms with Crippen molar-refractivity contribution in [2.45, 2.75) is 23.3 Å². The number of fused-ring (bicyclic) bond motifs is 1. The zero-order valence-corrected chi connectivity index (χ0v) is 19.7. The van der Waals surface area contributed by atoms with Crippen molar-refractivity contribution < 1.29 is 56.3 Å². The smallest absolute Gasteiger partial charge is 0.387 e. The van der Waals surface area contributed by atoms with E-state index in [1.807, 2.05) is 0 Å². The van der Waals surface area contributed by atoms with Gasteiger partial charge in [-0.15, -0.1) is 6.42 Å². The molecule has 3 heterocycles. The van der Waals surface area contributed by atoms with Gasteiger partial charge in [0.25, 0.3) is 5.56 Å². The normalized spacial score (nSPS) is 28.9. The summed E-state index contributed by atoms with van der Waals surface area (Å²) >= 11 is 6.35. The average Bonchev–Trinajstić information content (AvgIpc) is 3.17. The molecular weight excluding hydrogens is 551 g/mol. The molecule has 0 aromatic carbocycles. The van der Waals surface area contributed by atoms with Gasteiger partial charge in [0.15, 0.2) is 22.3 Å². The van der Waals surface area contributed by atoms with Crippen LogP contribution in [0.25, 0.3) is 11.2 Å². The fraction of sp³-hybridized carbons (Fsp3) is 0.417. The molecule has 3 rings (SSSR count). The first kappa shape index (κ1) is 26.9. The number of aliphatic hydroxyl groups is 1. The molecule has 22 heteroatoms. The highest BCUT2D eigenvalue weighted by Gasteiger charge is 2.56. The lowest BCUT2D eigenvalue weighted by molar-refractivity contribution is -0.0428. The quantitative estimate of drug-likeness (QED) is 0.114. The Morgan fingerprint density at radius 2 is 1.94 bits per heavy atom. The van der Waals surface area contributed by atoms with Gasteiger partial charge < -0.3 is 35.2 Å². The molecule has 0 saturated carbocycles. The number of nitrogen functional groups attached to an aromatic ring is 1. The lowest BCUT2D eigenvalue weighted by atomic mass is 9.99. The van der Waals surface area contributed by atoms with E-state index >= 15 is 0 Å². The Kier molecular flexibility index (Phi) is 7.19. The monoisotopic (exact) mass is 565 g/mol. The van der Waals surface area contributed by atoms with Gasteiger partial charge in [-0.25, -0.2) is 18.7 Å². The van der Waals surface area contributed by atoms with Gasteiger partial charge >= 0.3 is 23.5 Å². The van der Waals surface area contributed by atoms with Crippen molar-refractivity contribution in [3.63, 3.8) is 0 Å². The van der Waals surface area contributed by atoms with Crippen LogP contribution in [0.1, 0.15) is 6.23 Å². The van der Waals surface area contributed by atoms with Crippen LogP contribution in [-0.4, -0.2) is 67.9 Å². The summed E-state index contributed by atoms with van der Waals surface area (Å²) in [6, 6.07) is 0. The molecule has 34 heavy (non-hydrogen) atoms. The van der Waals surface area contributed by atoms with Gasteiger partial charge in [0.2, 0.25) is 5.95 Å². The number of phosphoric ester groups is 1. The van der Waals surface area contributed by atoms with E-state index in [0.29, 0.717) is 0 Å². The van der Waals surface area contributed by atoms with Gasteiger partial charge in [0, 0.05) is 0 Å². The fourth-order valence-electron chi connectivity index (χ4n) is 2.90. The van der Waals surface area contributed by atoms with E-state index in [1.165, 1.54) is 0 Å². The number of terminal acetylenes is 1. The van der Waals surface area contributed by atoms with Crippen LogP contribution in [0.3, 0.4) is 0 Å². The molecule has 3 unspecified atom stereocenters. The molecule has 0 spiro atoms. The first-order chi connectivity index (χ1) is 15.5. The van der Waals surface area contributed by atoms with E-state index in [9.17, 15) is 33.4 Å². The third-order valence-electron chi connectivity index (χ3n) is 4.19. The summed E-state index contributed by atoms with van der Waals surface area (Å²) in [7, 11) is -16.9. The molecule has 2 aromatic rings. The van der Waals surface area contributed by atoms with Crippen LogP contribution in [-0.2, 0) is 31.6 Å². The largest absolute Gasteiger partial charge is 0.490 e. The van der Waals surface area contributed by atoms with Gasteiger partial charge in [0.1, 0.15) is 12.2 Å². The Balaban J connectivity index is 1.83. The molecule has 1 aliphatic rings. The molecule has 6 atom stereocenters. The van der Waals surface area contributed by atoms with Crippen molar-refractivity contribution in [1.29, 1.82) is 0 Å². The summed E-state index contributed by atoms with van der Waals surface area (Å²) in [5, 5.41) is 10.6. The molecule has 0 amide bonds. The van der Waals surface area contributed by atoms with E-state index in [1.54, 1.807) is 0 Å². The van der Waals surface area contributed by atoms with E-state index < -0.39 is 58.9 Å². The van der Waals surface area contributed by atoms with Crippen molar-refractivity contribution in [2.75, 3.05) is 12.3 Å². The SMILES string of the molecule is C#CC1(Cl)[C@@H](O)[C@@H](COP(=O)(O)OP(=O)(O)OP(=O)(O)O)O[C@H]1n1cnc2c(=O)[nH]c(N)nc21. The summed E-state index contributed by atoms with van der Waals surface area (Å²) in [5.41, 5.74) is 4.51. The minimum atomic E-state index is -5.76. The van der Waals surface area contributed by atoms with Gasteiger partial charge in [-0.05, 0) is 0 Å². The third-order valence-corrected chi connectivity index (χ3v) is 8.51. The van der Waals surface area contributed by atoms with Crippen molar-refractivity contribution >= 4 is 52.2 Å². The molecule has 18 nitrogen and oxygen atoms in total. The van der Waals surface area contributed by atoms with E-state index in [2.05, 4.69) is 34.0 Å². The number of anilines is 1. The molecular formula is C12H15ClN5O13P3. The number of aromatic amines is 1. The van der Waals surface area contributed by atoms with Crippen LogP contribution in [0.4, 0.5) is 5.95 Å². The molecule has 2 aromatic heterocycles. The highest BCUT2D eigenvalue weighted by Crippen LogP contribution is 2.66. The summed E-state index contributed by atoms with van der Waals surface area (Å²) < 4.78 is 52.2. The number of imidazole rings is 1. The van der Waals surface area contributed by atoms with Crippen molar-refractivity contribution in [3.8, 4) is 12.3 Å². The predicted octanol–water partition coefficient (Wildman–Crippen LogP) is -1.09. The number of rotatable bonds is 8. The fourth-order valence-corrected chi connectivity index (χ4v) is 6.22. The minimum Gasteiger partial charge on any atom is -0.387 e. The van der Waals surface area contributed by atoms with E-state index in [4.69, 9.17) is 38.3 Å². The Bertz CT molecular complexity index is 1350. The minimum absolute atomic E-state index is 0.132. The van der Waals surface area contributed by atoms with Gasteiger partial charge in [-0.1, -0.05) is 17.5 Å². The molecule has 0 aliphatic carbocycles. The number of aliphatic hydroxyl groups excluding tert-OH is 1. The van der Waals surface area contributed by atoms with Crippen LogP contribution >= 0.6 is 35.1 Å². The van der Waals surface area contributed by atoms with Gasteiger partial charge in [-0.3, -0.25) is 18.9 Å². The summed E-state index contributed by atoms with van der Waals surface area (Å²) in [6.07, 6.45) is 1.63. The molecule has 8 N–H and O–H groups in total. The highest BCUT2D eigenvalue weighted by molar-refractivity contribution is 7.66. The third kappa shape index (κ3) is 5.59. The lowest BCUT2D eigenvalue weighted by Crippen LogP contribution is -2.41. The number of phosphoric acid groups is 3. The second kappa shape index (κ2) is 9.08. The van der Waals surface area contributed by atoms with Crippen molar-refractivity contribution in [2.24, 2.45) is 0 Å². The Morgan fingerprint density at radius 3 is 2.53 bits per heavy atom. The van der Waals surface area contributed by atoms with E-state index in [-0.39, 0.29) is 17.1 Å². The van der Waals surface area contributed by atoms with Crippen LogP contribution in [0, 0.1) is 12.3 Å². The Labute approximate surface area is 193 Å². The molecule has 1 saturated heterocycles. The zero-order valence-electron chi connectivity index (χ0n) is 16.2. The second-order valence-corrected chi connectivity index (χ2v) is 11.6. The maximum absolute atomic E-state index is 12.0. The maximum atomic E-state index is 12.0. The highest BCUT2D eigenvalue weighted by atomic mass is 35.5. The number of H-pyrrole nitrogens is 1. The first-order valence-corrected chi connectivity index (χ1v) is 13.4. The maximum Gasteiger partial charge on any atom is 0.490 e. The van der Waals surface area contributed by atoms with E-state index in [0.717, 1.165) is 10.9 Å². The number of ether oxygens (including phenoxy) is 1. The van der Waals surface area contributed by atoms with Crippen molar-refractivity contribution in [1.82, 2.24) is 19.5 Å². The van der Waals surface area contributed by atoms with Crippen LogP contribution in [0.2, 0.25) is 0 Å². The molecule has 1 aliphatic heterocycles. The molecule has 188 valence electrons. The van der Waals surface area contributed by atoms with Gasteiger partial charge in [-0.2, -0.15) is 13.6 Å². The van der Waals surface area contributed by atoms with Crippen LogP contribution in [0.5, 0.6) is 0 Å². The van der Waals surface area contributed by atoms with Crippen molar-refractivity contribution in [3.05, 3.63) is 16.7 Å². The summed E-state index contributed by atoms with van der Waals surface area (Å²) in [6.45, 7) is -1.04. The summed E-state index contributed by atoms with van der Waals surface area (Å²) in [4.78, 5) is 55.7. The van der Waals surface area contributed by atoms with Crippen LogP contribution in [0.15, 0.2) is 11.1 Å². The number of hydrogen-bond donors (Lipinski definition) is 7. The van der Waals surface area contributed by atoms with Gasteiger partial charge in [0.05, 0.1) is 12.9 Å². The average molecular weight is 566 g/mol. The number of nitrogens with two attached hydrogens (primary N) is 1.